The molecule has 0 saturated heterocycles. The van der Waals surface area contributed by atoms with E-state index in [0.717, 1.165) is 29.0 Å². The van der Waals surface area contributed by atoms with Gasteiger partial charge in [0, 0.05) is 23.7 Å². The summed E-state index contributed by atoms with van der Waals surface area (Å²) in [6.45, 7) is 5.51. The number of benzene rings is 2. The third-order valence-electron chi connectivity index (χ3n) is 6.18. The molecule has 4 heteroatoms. The van der Waals surface area contributed by atoms with Crippen LogP contribution in [0.3, 0.4) is 0 Å². The van der Waals surface area contributed by atoms with Gasteiger partial charge in [-0.2, -0.15) is 0 Å². The first kappa shape index (κ1) is 17.5. The van der Waals surface area contributed by atoms with Crippen LogP contribution in [-0.2, 0) is 6.54 Å². The highest BCUT2D eigenvalue weighted by molar-refractivity contribution is 6.15. The lowest BCUT2D eigenvalue weighted by Crippen LogP contribution is -2.39. The Morgan fingerprint density at radius 2 is 1.82 bits per heavy atom. The summed E-state index contributed by atoms with van der Waals surface area (Å²) in [4.78, 5) is 15.4. The van der Waals surface area contributed by atoms with Crippen molar-refractivity contribution in [2.24, 2.45) is 0 Å². The van der Waals surface area contributed by atoms with Crippen LogP contribution < -0.4 is 9.47 Å². The average molecular weight is 375 g/mol. The highest BCUT2D eigenvalue weighted by Gasteiger charge is 2.35. The number of hydrogen-bond acceptors (Lipinski definition) is 4. The topological polar surface area (TPSA) is 38.8 Å². The van der Waals surface area contributed by atoms with Gasteiger partial charge in [0.2, 0.25) is 5.78 Å². The molecule has 144 valence electrons. The maximum atomic E-state index is 13.0. The van der Waals surface area contributed by atoms with E-state index in [4.69, 9.17) is 9.47 Å². The summed E-state index contributed by atoms with van der Waals surface area (Å²) in [7, 11) is 0. The lowest BCUT2D eigenvalue weighted by Gasteiger charge is -2.34. The van der Waals surface area contributed by atoms with Crippen LogP contribution in [0.1, 0.15) is 58.3 Å². The van der Waals surface area contributed by atoms with E-state index in [1.165, 1.54) is 31.2 Å². The molecule has 1 saturated carbocycles. The third kappa shape index (κ3) is 2.92. The van der Waals surface area contributed by atoms with E-state index in [1.807, 2.05) is 50.3 Å². The van der Waals surface area contributed by atoms with Gasteiger partial charge in [-0.05, 0) is 44.4 Å². The molecule has 2 heterocycles. The van der Waals surface area contributed by atoms with Crippen molar-refractivity contribution in [2.75, 3.05) is 6.73 Å². The number of carbonyl (C=O) groups excluding carboxylic acids is 1. The lowest BCUT2D eigenvalue weighted by atomic mass is 9.99. The van der Waals surface area contributed by atoms with Crippen LogP contribution in [0.15, 0.2) is 36.1 Å². The molecule has 0 radical (unpaired) electrons. The summed E-state index contributed by atoms with van der Waals surface area (Å²) in [6.07, 6.45) is 6.92. The molecule has 2 aromatic rings. The molecule has 1 fully saturated rings. The molecule has 28 heavy (non-hydrogen) atoms. The normalized spacial score (nSPS) is 20.8. The van der Waals surface area contributed by atoms with Gasteiger partial charge in [-0.1, -0.05) is 42.7 Å². The Hall–Kier alpha value is -2.59. The average Bonchev–Trinajstić information content (AvgIpc) is 3.34. The first-order valence-corrected chi connectivity index (χ1v) is 10.1. The van der Waals surface area contributed by atoms with Crippen molar-refractivity contribution < 1.29 is 14.3 Å². The number of carbonyl (C=O) groups is 1. The van der Waals surface area contributed by atoms with E-state index < -0.39 is 0 Å². The predicted molar refractivity (Wildman–Crippen MR) is 109 cm³/mol. The van der Waals surface area contributed by atoms with Gasteiger partial charge in [-0.3, -0.25) is 9.69 Å². The molecular formula is C24H25NO3. The van der Waals surface area contributed by atoms with E-state index in [9.17, 15) is 4.79 Å². The molecular weight excluding hydrogens is 350 g/mol. The minimum atomic E-state index is -0.0422. The van der Waals surface area contributed by atoms with Gasteiger partial charge in [0.15, 0.2) is 5.76 Å². The molecule has 0 aromatic heterocycles. The zero-order valence-electron chi connectivity index (χ0n) is 16.5. The van der Waals surface area contributed by atoms with Gasteiger partial charge in [-0.15, -0.1) is 0 Å². The molecule has 0 spiro atoms. The lowest BCUT2D eigenvalue weighted by molar-refractivity contribution is 0.0570. The Balaban J connectivity index is 1.46. The summed E-state index contributed by atoms with van der Waals surface area (Å²) < 4.78 is 12.1. The summed E-state index contributed by atoms with van der Waals surface area (Å²) >= 11 is 0. The van der Waals surface area contributed by atoms with Gasteiger partial charge >= 0.3 is 0 Å². The molecule has 0 bridgehead atoms. The zero-order valence-corrected chi connectivity index (χ0v) is 16.5. The number of fused-ring (bicyclic) bond motifs is 2. The first-order chi connectivity index (χ1) is 13.6. The third-order valence-corrected chi connectivity index (χ3v) is 6.18. The van der Waals surface area contributed by atoms with Crippen LogP contribution in [0.4, 0.5) is 0 Å². The molecule has 5 rings (SSSR count). The fraction of sp³-hybridized carbons (Fsp3) is 0.375. The molecule has 2 aliphatic heterocycles. The minimum absolute atomic E-state index is 0.0422. The van der Waals surface area contributed by atoms with Crippen molar-refractivity contribution in [1.82, 2.24) is 4.90 Å². The predicted octanol–water partition coefficient (Wildman–Crippen LogP) is 5.01. The van der Waals surface area contributed by atoms with Crippen LogP contribution in [0, 0.1) is 13.8 Å². The standard InChI is InChI=1S/C24H25NO3/c1-15-7-9-17(10-8-15)11-21-22(26)20-12-18-13-25(19-5-3-4-6-19)14-27-23(18)16(2)24(20)28-21/h7-12,19H,3-6,13-14H2,1-2H3/b21-11-. The SMILES string of the molecule is Cc1ccc(/C=C2\Oc3c(cc4c(c3C)OCN(C3CCCC3)C4)C2=O)cc1. The molecule has 4 nitrogen and oxygen atoms in total. The second-order valence-electron chi connectivity index (χ2n) is 8.18. The summed E-state index contributed by atoms with van der Waals surface area (Å²) in [5, 5.41) is 0. The number of nitrogens with zero attached hydrogens (tertiary/aromatic N) is 1. The second-order valence-corrected chi connectivity index (χ2v) is 8.18. The Labute approximate surface area is 165 Å². The highest BCUT2D eigenvalue weighted by atomic mass is 16.5. The Morgan fingerprint density at radius 1 is 1.07 bits per heavy atom. The van der Waals surface area contributed by atoms with Gasteiger partial charge in [-0.25, -0.2) is 0 Å². The smallest absolute Gasteiger partial charge is 0.231 e. The van der Waals surface area contributed by atoms with Crippen molar-refractivity contribution in [1.29, 1.82) is 0 Å². The Kier molecular flexibility index (Phi) is 4.24. The van der Waals surface area contributed by atoms with Crippen molar-refractivity contribution in [2.45, 2.75) is 52.1 Å². The molecule has 0 atom stereocenters. The fourth-order valence-electron chi connectivity index (χ4n) is 4.58. The van der Waals surface area contributed by atoms with E-state index in [-0.39, 0.29) is 5.78 Å². The van der Waals surface area contributed by atoms with E-state index in [0.29, 0.717) is 29.8 Å². The molecule has 0 amide bonds. The number of rotatable bonds is 2. The van der Waals surface area contributed by atoms with Crippen LogP contribution in [0.2, 0.25) is 0 Å². The fourth-order valence-corrected chi connectivity index (χ4v) is 4.58. The van der Waals surface area contributed by atoms with Crippen molar-refractivity contribution in [3.8, 4) is 11.5 Å². The number of Topliss-reactive ketones (excluding diaryl/α,β-unsaturated/α-hetero) is 1. The molecule has 3 aliphatic rings. The van der Waals surface area contributed by atoms with E-state index in [1.54, 1.807) is 0 Å². The molecule has 2 aromatic carbocycles. The zero-order chi connectivity index (χ0) is 19.3. The summed E-state index contributed by atoms with van der Waals surface area (Å²) in [5.74, 6) is 1.88. The molecule has 0 unspecified atom stereocenters. The van der Waals surface area contributed by atoms with E-state index in [2.05, 4.69) is 4.90 Å². The van der Waals surface area contributed by atoms with Crippen LogP contribution in [0.5, 0.6) is 11.5 Å². The monoisotopic (exact) mass is 375 g/mol. The quantitative estimate of drug-likeness (QED) is 0.692. The highest BCUT2D eigenvalue weighted by Crippen LogP contribution is 2.43. The number of ether oxygens (including phenoxy) is 2. The minimum Gasteiger partial charge on any atom is -0.477 e. The van der Waals surface area contributed by atoms with E-state index >= 15 is 0 Å². The van der Waals surface area contributed by atoms with Crippen LogP contribution in [0.25, 0.3) is 6.08 Å². The van der Waals surface area contributed by atoms with Gasteiger partial charge in [0.25, 0.3) is 0 Å². The van der Waals surface area contributed by atoms with Crippen LogP contribution in [-0.4, -0.2) is 23.5 Å². The summed E-state index contributed by atoms with van der Waals surface area (Å²) in [6, 6.07) is 10.7. The largest absolute Gasteiger partial charge is 0.477 e. The van der Waals surface area contributed by atoms with Crippen molar-refractivity contribution in [3.63, 3.8) is 0 Å². The number of allylic oxidation sites excluding steroid dienone is 1. The van der Waals surface area contributed by atoms with Gasteiger partial charge in [0.1, 0.15) is 18.2 Å². The first-order valence-electron chi connectivity index (χ1n) is 10.1. The van der Waals surface area contributed by atoms with Crippen molar-refractivity contribution in [3.05, 3.63) is 63.9 Å². The Bertz CT molecular complexity index is 968. The maximum absolute atomic E-state index is 13.0. The molecule has 0 N–H and O–H groups in total. The number of ketones is 1. The van der Waals surface area contributed by atoms with Crippen molar-refractivity contribution >= 4 is 11.9 Å². The molecule has 1 aliphatic carbocycles. The number of aryl methyl sites for hydroxylation is 1. The van der Waals surface area contributed by atoms with Crippen LogP contribution >= 0.6 is 0 Å². The van der Waals surface area contributed by atoms with Gasteiger partial charge in [0.05, 0.1) is 5.56 Å². The Morgan fingerprint density at radius 3 is 2.57 bits per heavy atom. The number of hydrogen-bond donors (Lipinski definition) is 0. The van der Waals surface area contributed by atoms with Gasteiger partial charge < -0.3 is 9.47 Å². The summed E-state index contributed by atoms with van der Waals surface area (Å²) in [5.41, 5.74) is 4.85. The second kappa shape index (κ2) is 6.78. The maximum Gasteiger partial charge on any atom is 0.231 e.